The second-order valence-corrected chi connectivity index (χ2v) is 8.99. The maximum Gasteiger partial charge on any atom is 0.282 e. The number of non-ortho nitro benzene ring substituents is 1. The molecule has 5 rings (SSSR count). The van der Waals surface area contributed by atoms with E-state index < -0.39 is 4.92 Å². The number of hydrogen-bond donors (Lipinski definition) is 0. The molecule has 0 N–H and O–H groups in total. The molecule has 0 atom stereocenters. The van der Waals surface area contributed by atoms with Gasteiger partial charge < -0.3 is 4.74 Å². The molecule has 9 heteroatoms. The molecule has 8 nitrogen and oxygen atoms in total. The van der Waals surface area contributed by atoms with E-state index in [-0.39, 0.29) is 17.9 Å². The summed E-state index contributed by atoms with van der Waals surface area (Å²) in [4.78, 5) is 28.8. The van der Waals surface area contributed by atoms with E-state index in [4.69, 9.17) is 9.72 Å². The minimum Gasteiger partial charge on any atom is -0.488 e. The predicted molar refractivity (Wildman–Crippen MR) is 146 cm³/mol. The molecule has 0 aliphatic heterocycles. The molecule has 0 unspecified atom stereocenters. The molecule has 0 aliphatic rings. The van der Waals surface area contributed by atoms with Crippen LogP contribution in [0.2, 0.25) is 0 Å². The third-order valence-electron chi connectivity index (χ3n) is 5.59. The molecule has 182 valence electrons. The molecular formula is C28H19BrN4O4. The summed E-state index contributed by atoms with van der Waals surface area (Å²) in [6.45, 7) is 0.122. The number of aromatic nitrogens is 2. The molecule has 5 aromatic rings. The lowest BCUT2D eigenvalue weighted by atomic mass is 10.2. The van der Waals surface area contributed by atoms with Gasteiger partial charge in [0.1, 0.15) is 12.4 Å². The number of ether oxygens (including phenoxy) is 1. The number of halogens is 1. The Kier molecular flexibility index (Phi) is 6.87. The Hall–Kier alpha value is -4.63. The zero-order valence-corrected chi connectivity index (χ0v) is 20.9. The van der Waals surface area contributed by atoms with Gasteiger partial charge in [-0.1, -0.05) is 70.5 Å². The van der Waals surface area contributed by atoms with Crippen molar-refractivity contribution >= 4 is 38.7 Å². The number of benzene rings is 4. The highest BCUT2D eigenvalue weighted by atomic mass is 79.9. The molecule has 0 radical (unpaired) electrons. The Balaban J connectivity index is 1.53. The lowest BCUT2D eigenvalue weighted by Crippen LogP contribution is -2.20. The minimum absolute atomic E-state index is 0.00434. The van der Waals surface area contributed by atoms with E-state index in [1.165, 1.54) is 23.0 Å². The van der Waals surface area contributed by atoms with Crippen LogP contribution in [0.4, 0.5) is 5.69 Å². The molecule has 0 saturated heterocycles. The Morgan fingerprint density at radius 2 is 1.76 bits per heavy atom. The van der Waals surface area contributed by atoms with Gasteiger partial charge in [0.2, 0.25) is 0 Å². The van der Waals surface area contributed by atoms with E-state index in [1.54, 1.807) is 36.4 Å². The van der Waals surface area contributed by atoms with E-state index in [9.17, 15) is 14.9 Å². The van der Waals surface area contributed by atoms with Gasteiger partial charge in [-0.2, -0.15) is 9.78 Å². The van der Waals surface area contributed by atoms with Crippen molar-refractivity contribution in [2.75, 3.05) is 0 Å². The van der Waals surface area contributed by atoms with Crippen molar-refractivity contribution in [1.29, 1.82) is 0 Å². The van der Waals surface area contributed by atoms with Gasteiger partial charge in [-0.3, -0.25) is 14.9 Å². The van der Waals surface area contributed by atoms with Gasteiger partial charge in [0, 0.05) is 27.7 Å². The normalized spacial score (nSPS) is 11.2. The molecule has 1 heterocycles. The smallest absolute Gasteiger partial charge is 0.282 e. The second-order valence-electron chi connectivity index (χ2n) is 8.08. The summed E-state index contributed by atoms with van der Waals surface area (Å²) < 4.78 is 8.05. The van der Waals surface area contributed by atoms with Crippen molar-refractivity contribution in [1.82, 2.24) is 9.66 Å². The molecule has 0 saturated carbocycles. The van der Waals surface area contributed by atoms with Crippen molar-refractivity contribution in [3.63, 3.8) is 0 Å². The van der Waals surface area contributed by atoms with Crippen LogP contribution < -0.4 is 10.3 Å². The second kappa shape index (κ2) is 10.5. The average molecular weight is 555 g/mol. The number of hydrogen-bond acceptors (Lipinski definition) is 6. The van der Waals surface area contributed by atoms with Gasteiger partial charge in [0.25, 0.3) is 11.2 Å². The van der Waals surface area contributed by atoms with Crippen molar-refractivity contribution in [2.45, 2.75) is 6.61 Å². The van der Waals surface area contributed by atoms with Crippen molar-refractivity contribution in [3.8, 4) is 17.1 Å². The highest BCUT2D eigenvalue weighted by Gasteiger charge is 2.13. The van der Waals surface area contributed by atoms with E-state index in [1.807, 2.05) is 48.5 Å². The fourth-order valence-electron chi connectivity index (χ4n) is 3.80. The Labute approximate surface area is 219 Å². The van der Waals surface area contributed by atoms with E-state index in [2.05, 4.69) is 21.0 Å². The molecule has 37 heavy (non-hydrogen) atoms. The number of nitro groups is 1. The zero-order chi connectivity index (χ0) is 25.8. The Morgan fingerprint density at radius 1 is 0.973 bits per heavy atom. The van der Waals surface area contributed by atoms with E-state index >= 15 is 0 Å². The lowest BCUT2D eigenvalue weighted by Gasteiger charge is -2.11. The first-order valence-corrected chi connectivity index (χ1v) is 12.1. The first kappa shape index (κ1) is 24.1. The zero-order valence-electron chi connectivity index (χ0n) is 19.3. The third kappa shape index (κ3) is 5.31. The summed E-state index contributed by atoms with van der Waals surface area (Å²) in [5.41, 5.74) is 2.30. The molecule has 0 aliphatic carbocycles. The van der Waals surface area contributed by atoms with Gasteiger partial charge in [-0.25, -0.2) is 4.98 Å². The fraction of sp³-hybridized carbons (Fsp3) is 0.0357. The number of rotatable bonds is 7. The summed E-state index contributed by atoms with van der Waals surface area (Å²) in [6, 6.07) is 28.2. The lowest BCUT2D eigenvalue weighted by molar-refractivity contribution is -0.384. The van der Waals surface area contributed by atoms with Crippen LogP contribution in [0.1, 0.15) is 11.1 Å². The monoisotopic (exact) mass is 554 g/mol. The summed E-state index contributed by atoms with van der Waals surface area (Å²) in [7, 11) is 0. The van der Waals surface area contributed by atoms with Crippen molar-refractivity contribution in [2.24, 2.45) is 5.10 Å². The topological polar surface area (TPSA) is 99.6 Å². The molecule has 0 bridgehead atoms. The summed E-state index contributed by atoms with van der Waals surface area (Å²) >= 11 is 3.47. The van der Waals surface area contributed by atoms with Gasteiger partial charge in [-0.15, -0.1) is 0 Å². The van der Waals surface area contributed by atoms with Gasteiger partial charge in [0.05, 0.1) is 22.0 Å². The van der Waals surface area contributed by atoms with Crippen molar-refractivity contribution < 1.29 is 9.66 Å². The highest BCUT2D eigenvalue weighted by molar-refractivity contribution is 9.10. The number of nitro benzene ring substituents is 1. The minimum atomic E-state index is -0.444. The first-order chi connectivity index (χ1) is 18.0. The van der Waals surface area contributed by atoms with Crippen LogP contribution in [-0.2, 0) is 6.61 Å². The number of para-hydroxylation sites is 1. The number of nitrogens with zero attached hydrogens (tertiary/aromatic N) is 4. The van der Waals surface area contributed by atoms with Gasteiger partial charge >= 0.3 is 0 Å². The van der Waals surface area contributed by atoms with Crippen LogP contribution in [-0.4, -0.2) is 20.8 Å². The van der Waals surface area contributed by atoms with Crippen LogP contribution >= 0.6 is 15.9 Å². The van der Waals surface area contributed by atoms with Crippen LogP contribution in [0.25, 0.3) is 22.3 Å². The molecular weight excluding hydrogens is 536 g/mol. The summed E-state index contributed by atoms with van der Waals surface area (Å²) in [5, 5.41) is 16.1. The molecule has 0 spiro atoms. The van der Waals surface area contributed by atoms with Gasteiger partial charge in [-0.05, 0) is 35.9 Å². The highest BCUT2D eigenvalue weighted by Crippen LogP contribution is 2.24. The van der Waals surface area contributed by atoms with E-state index in [0.717, 1.165) is 10.0 Å². The third-order valence-corrected chi connectivity index (χ3v) is 6.08. The molecule has 1 aromatic heterocycles. The van der Waals surface area contributed by atoms with Crippen LogP contribution in [0.5, 0.6) is 5.75 Å². The molecule has 4 aromatic carbocycles. The maximum atomic E-state index is 13.4. The van der Waals surface area contributed by atoms with Crippen molar-refractivity contribution in [3.05, 3.63) is 133 Å². The summed E-state index contributed by atoms with van der Waals surface area (Å²) in [5.74, 6) is 0.913. The predicted octanol–water partition coefficient (Wildman–Crippen LogP) is 6.20. The van der Waals surface area contributed by atoms with E-state index in [0.29, 0.717) is 33.6 Å². The Bertz CT molecular complexity index is 1700. The van der Waals surface area contributed by atoms with Crippen LogP contribution in [0.3, 0.4) is 0 Å². The summed E-state index contributed by atoms with van der Waals surface area (Å²) in [6.07, 6.45) is 1.54. The van der Waals surface area contributed by atoms with Crippen LogP contribution in [0.15, 0.2) is 111 Å². The molecule has 0 fully saturated rings. The first-order valence-electron chi connectivity index (χ1n) is 11.3. The standard InChI is InChI=1S/C28H19BrN4O4/c29-22-13-14-26(37-18-19-7-6-10-23(15-19)33(35)36)21(16-22)17-30-32-27(20-8-2-1-3-9-20)31-25-12-5-4-11-24(25)28(32)34/h1-17H,18H2. The molecule has 0 amide bonds. The number of fused-ring (bicyclic) bond motifs is 1. The maximum absolute atomic E-state index is 13.4. The SMILES string of the molecule is O=c1c2ccccc2nc(-c2ccccc2)n1N=Cc1cc(Br)ccc1OCc1cccc([N+](=O)[O-])c1. The van der Waals surface area contributed by atoms with Crippen LogP contribution in [0, 0.1) is 10.1 Å². The van der Waals surface area contributed by atoms with Gasteiger partial charge in [0.15, 0.2) is 5.82 Å². The Morgan fingerprint density at radius 3 is 2.57 bits per heavy atom. The largest absolute Gasteiger partial charge is 0.488 e. The average Bonchev–Trinajstić information content (AvgIpc) is 2.92. The fourth-order valence-corrected chi connectivity index (χ4v) is 4.18. The quantitative estimate of drug-likeness (QED) is 0.135.